The van der Waals surface area contributed by atoms with Crippen LogP contribution in [0.2, 0.25) is 0 Å². The van der Waals surface area contributed by atoms with Gasteiger partial charge in [0.2, 0.25) is 11.8 Å². The lowest BCUT2D eigenvalue weighted by molar-refractivity contribution is -0.0508. The Morgan fingerprint density at radius 1 is 1.14 bits per heavy atom. The van der Waals surface area contributed by atoms with Gasteiger partial charge in [0.15, 0.2) is 0 Å². The second kappa shape index (κ2) is 7.44. The zero-order chi connectivity index (χ0) is 15.9. The van der Waals surface area contributed by atoms with Crippen LogP contribution in [0, 0.1) is 0 Å². The summed E-state index contributed by atoms with van der Waals surface area (Å²) in [4.78, 5) is 4.10. The minimum absolute atomic E-state index is 0.0270. The van der Waals surface area contributed by atoms with Crippen molar-refractivity contribution in [1.82, 2.24) is 4.98 Å². The molecule has 0 bridgehead atoms. The monoisotopic (exact) mass is 310 g/mol. The van der Waals surface area contributed by atoms with E-state index in [1.165, 1.54) is 13.2 Å². The Balaban J connectivity index is 2.19. The Hall–Kier alpha value is -2.57. The highest BCUT2D eigenvalue weighted by molar-refractivity contribution is 5.57. The molecule has 0 radical (unpaired) electrons. The average Bonchev–Trinajstić information content (AvgIpc) is 2.53. The fraction of sp³-hybridized carbons (Fsp3) is 0.267. The van der Waals surface area contributed by atoms with E-state index in [2.05, 4.69) is 15.0 Å². The summed E-state index contributed by atoms with van der Waals surface area (Å²) >= 11 is 0. The molecule has 22 heavy (non-hydrogen) atoms. The molecule has 0 saturated carbocycles. The Morgan fingerprint density at radius 2 is 1.86 bits per heavy atom. The van der Waals surface area contributed by atoms with E-state index in [4.69, 9.17) is 9.47 Å². The number of nitrogens with one attached hydrogen (secondary N) is 1. The molecule has 0 aliphatic heterocycles. The number of hydrogen-bond donors (Lipinski definition) is 1. The molecule has 118 valence electrons. The fourth-order valence-electron chi connectivity index (χ4n) is 1.89. The van der Waals surface area contributed by atoms with E-state index >= 15 is 0 Å². The minimum atomic E-state index is -2.90. The van der Waals surface area contributed by atoms with Gasteiger partial charge >= 0.3 is 6.61 Å². The molecule has 0 aliphatic rings. The van der Waals surface area contributed by atoms with E-state index in [-0.39, 0.29) is 12.4 Å². The lowest BCUT2D eigenvalue weighted by Crippen LogP contribution is -2.08. The normalized spacial score (nSPS) is 10.4. The lowest BCUT2D eigenvalue weighted by atomic mass is 10.1. The second-order valence-corrected chi connectivity index (χ2v) is 4.22. The van der Waals surface area contributed by atoms with Crippen molar-refractivity contribution in [1.29, 1.82) is 0 Å². The molecule has 1 aromatic heterocycles. The predicted molar refractivity (Wildman–Crippen MR) is 77.7 cm³/mol. The number of benzene rings is 1. The molecule has 0 fully saturated rings. The lowest BCUT2D eigenvalue weighted by Gasteiger charge is -2.15. The van der Waals surface area contributed by atoms with Crippen LogP contribution in [-0.2, 0) is 6.61 Å². The van der Waals surface area contributed by atoms with Crippen LogP contribution in [0.1, 0.15) is 5.56 Å². The van der Waals surface area contributed by atoms with Crippen molar-refractivity contribution in [3.8, 4) is 17.5 Å². The molecular weight excluding hydrogens is 294 g/mol. The molecular formula is C15H16F2N2O3. The van der Waals surface area contributed by atoms with Crippen molar-refractivity contribution >= 4 is 5.69 Å². The Morgan fingerprint density at radius 3 is 2.55 bits per heavy atom. The van der Waals surface area contributed by atoms with Crippen LogP contribution in [-0.4, -0.2) is 25.8 Å². The van der Waals surface area contributed by atoms with Crippen LogP contribution < -0.4 is 19.5 Å². The van der Waals surface area contributed by atoms with Gasteiger partial charge in [0.25, 0.3) is 0 Å². The van der Waals surface area contributed by atoms with Gasteiger partial charge in [-0.15, -0.1) is 0 Å². The van der Waals surface area contributed by atoms with Crippen molar-refractivity contribution in [3.63, 3.8) is 0 Å². The first-order valence-electron chi connectivity index (χ1n) is 6.52. The summed E-state index contributed by atoms with van der Waals surface area (Å²) in [6, 6.07) is 9.89. The maximum atomic E-state index is 12.5. The zero-order valence-corrected chi connectivity index (χ0v) is 12.2. The second-order valence-electron chi connectivity index (χ2n) is 4.22. The number of alkyl halides is 2. The topological polar surface area (TPSA) is 52.6 Å². The van der Waals surface area contributed by atoms with Crippen molar-refractivity contribution in [3.05, 3.63) is 42.0 Å². The van der Waals surface area contributed by atoms with Gasteiger partial charge in [-0.2, -0.15) is 13.8 Å². The van der Waals surface area contributed by atoms with E-state index in [9.17, 15) is 8.78 Å². The minimum Gasteiger partial charge on any atom is -0.481 e. The molecule has 2 aromatic rings. The van der Waals surface area contributed by atoms with Crippen LogP contribution in [0.15, 0.2) is 36.4 Å². The SMILES string of the molecule is CNc1cccc(OC(F)F)c1COc1cccc(OC)n1. The van der Waals surface area contributed by atoms with Crippen molar-refractivity contribution in [2.45, 2.75) is 13.2 Å². The summed E-state index contributed by atoms with van der Waals surface area (Å²) in [5.74, 6) is 0.793. The number of nitrogens with zero attached hydrogens (tertiary/aromatic N) is 1. The molecule has 0 spiro atoms. The van der Waals surface area contributed by atoms with Crippen LogP contribution in [0.4, 0.5) is 14.5 Å². The first kappa shape index (κ1) is 15.8. The third-order valence-electron chi connectivity index (χ3n) is 2.89. The Bertz CT molecular complexity index is 623. The van der Waals surface area contributed by atoms with Crippen molar-refractivity contribution < 1.29 is 23.0 Å². The summed E-state index contributed by atoms with van der Waals surface area (Å²) in [7, 11) is 3.19. The van der Waals surface area contributed by atoms with Gasteiger partial charge in [0.1, 0.15) is 12.4 Å². The summed E-state index contributed by atoms with van der Waals surface area (Å²) in [5.41, 5.74) is 1.12. The maximum absolute atomic E-state index is 12.5. The number of pyridine rings is 1. The number of anilines is 1. The van der Waals surface area contributed by atoms with Gasteiger partial charge in [-0.05, 0) is 12.1 Å². The maximum Gasteiger partial charge on any atom is 0.387 e. The number of aromatic nitrogens is 1. The third-order valence-corrected chi connectivity index (χ3v) is 2.89. The Kier molecular flexibility index (Phi) is 5.35. The summed E-state index contributed by atoms with van der Waals surface area (Å²) in [5, 5.41) is 2.92. The van der Waals surface area contributed by atoms with Crippen LogP contribution in [0.5, 0.6) is 17.5 Å². The molecule has 1 N–H and O–H groups in total. The van der Waals surface area contributed by atoms with Crippen LogP contribution in [0.25, 0.3) is 0 Å². The first-order valence-corrected chi connectivity index (χ1v) is 6.52. The van der Waals surface area contributed by atoms with E-state index in [1.807, 2.05) is 0 Å². The van der Waals surface area contributed by atoms with E-state index in [1.54, 1.807) is 37.4 Å². The quantitative estimate of drug-likeness (QED) is 0.850. The van der Waals surface area contributed by atoms with Crippen molar-refractivity contribution in [2.24, 2.45) is 0 Å². The summed E-state index contributed by atoms with van der Waals surface area (Å²) in [6.45, 7) is -2.88. The molecule has 5 nitrogen and oxygen atoms in total. The summed E-state index contributed by atoms with van der Waals surface area (Å²) < 4.78 is 40.0. The molecule has 0 atom stereocenters. The highest BCUT2D eigenvalue weighted by atomic mass is 19.3. The molecule has 7 heteroatoms. The number of halogens is 2. The number of rotatable bonds is 7. The number of methoxy groups -OCH3 is 1. The first-order chi connectivity index (χ1) is 10.6. The number of hydrogen-bond acceptors (Lipinski definition) is 5. The standard InChI is InChI=1S/C15H16F2N2O3/c1-18-11-5-3-6-12(22-15(16)17)10(11)9-21-14-8-4-7-13(19-14)20-2/h3-8,15,18H,9H2,1-2H3. The number of ether oxygens (including phenoxy) is 3. The third kappa shape index (κ3) is 3.97. The van der Waals surface area contributed by atoms with E-state index in [0.29, 0.717) is 23.0 Å². The van der Waals surface area contributed by atoms with Gasteiger partial charge in [0.05, 0.1) is 12.7 Å². The van der Waals surface area contributed by atoms with Crippen molar-refractivity contribution in [2.75, 3.05) is 19.5 Å². The molecule has 0 aliphatic carbocycles. The average molecular weight is 310 g/mol. The Labute approximate surface area is 126 Å². The van der Waals surface area contributed by atoms with Gasteiger partial charge in [-0.25, -0.2) is 0 Å². The van der Waals surface area contributed by atoms with Gasteiger partial charge < -0.3 is 19.5 Å². The fourth-order valence-corrected chi connectivity index (χ4v) is 1.89. The highest BCUT2D eigenvalue weighted by Gasteiger charge is 2.14. The molecule has 0 saturated heterocycles. The van der Waals surface area contributed by atoms with Crippen LogP contribution in [0.3, 0.4) is 0 Å². The molecule has 2 rings (SSSR count). The molecule has 0 unspecified atom stereocenters. The van der Waals surface area contributed by atoms with E-state index in [0.717, 1.165) is 0 Å². The summed E-state index contributed by atoms with van der Waals surface area (Å²) in [6.07, 6.45) is 0. The zero-order valence-electron chi connectivity index (χ0n) is 12.2. The molecule has 1 heterocycles. The molecule has 1 aromatic carbocycles. The van der Waals surface area contributed by atoms with Crippen LogP contribution >= 0.6 is 0 Å². The van der Waals surface area contributed by atoms with Gasteiger partial charge in [-0.3, -0.25) is 0 Å². The van der Waals surface area contributed by atoms with E-state index < -0.39 is 6.61 Å². The largest absolute Gasteiger partial charge is 0.481 e. The van der Waals surface area contributed by atoms with Gasteiger partial charge in [0, 0.05) is 24.9 Å². The highest BCUT2D eigenvalue weighted by Crippen LogP contribution is 2.29. The molecule has 0 amide bonds. The predicted octanol–water partition coefficient (Wildman–Crippen LogP) is 3.31. The smallest absolute Gasteiger partial charge is 0.387 e. The van der Waals surface area contributed by atoms with Gasteiger partial charge in [-0.1, -0.05) is 12.1 Å².